The van der Waals surface area contributed by atoms with Crippen molar-refractivity contribution in [2.24, 2.45) is 0 Å². The van der Waals surface area contributed by atoms with E-state index < -0.39 is 0 Å². The molecule has 1 fully saturated rings. The van der Waals surface area contributed by atoms with E-state index in [0.29, 0.717) is 6.04 Å². The third-order valence-corrected chi connectivity index (χ3v) is 3.29. The Hall–Kier alpha value is -1.94. The number of aromatic nitrogens is 2. The number of hydrogen-bond acceptors (Lipinski definition) is 4. The maximum absolute atomic E-state index is 4.37. The lowest BCUT2D eigenvalue weighted by molar-refractivity contribution is 0.486. The molecule has 2 heterocycles. The molecule has 1 N–H and O–H groups in total. The molecule has 3 rings (SSSR count). The van der Waals surface area contributed by atoms with Gasteiger partial charge < -0.3 is 10.2 Å². The molecule has 1 atom stereocenters. The summed E-state index contributed by atoms with van der Waals surface area (Å²) < 4.78 is 0. The van der Waals surface area contributed by atoms with E-state index in [-0.39, 0.29) is 0 Å². The maximum atomic E-state index is 4.37. The third-order valence-electron chi connectivity index (χ3n) is 3.29. The van der Waals surface area contributed by atoms with Crippen LogP contribution in [0.2, 0.25) is 0 Å². The molecule has 1 aromatic carbocycles. The van der Waals surface area contributed by atoms with Gasteiger partial charge in [-0.25, -0.2) is 9.97 Å². The number of anilines is 1. The van der Waals surface area contributed by atoms with Crippen molar-refractivity contribution >= 4 is 5.82 Å². The van der Waals surface area contributed by atoms with Gasteiger partial charge >= 0.3 is 0 Å². The Balaban J connectivity index is 1.92. The highest BCUT2D eigenvalue weighted by Gasteiger charge is 2.24. The Morgan fingerprint density at radius 1 is 1.17 bits per heavy atom. The Morgan fingerprint density at radius 2 is 2.06 bits per heavy atom. The first-order valence-corrected chi connectivity index (χ1v) is 6.23. The summed E-state index contributed by atoms with van der Waals surface area (Å²) in [7, 11) is 0. The second-order valence-electron chi connectivity index (χ2n) is 4.39. The number of hydrogen-bond donors (Lipinski definition) is 1. The SMILES string of the molecule is c1ccc(C2CNCCN2c2ccncn2)cc1. The predicted molar refractivity (Wildman–Crippen MR) is 71.4 cm³/mol. The Morgan fingerprint density at radius 3 is 2.83 bits per heavy atom. The van der Waals surface area contributed by atoms with E-state index in [1.54, 1.807) is 12.5 Å². The van der Waals surface area contributed by atoms with Crippen molar-refractivity contribution in [3.05, 3.63) is 54.5 Å². The highest BCUT2D eigenvalue weighted by molar-refractivity contribution is 5.42. The van der Waals surface area contributed by atoms with Gasteiger partial charge in [0, 0.05) is 25.8 Å². The van der Waals surface area contributed by atoms with E-state index in [1.807, 2.05) is 6.07 Å². The fourth-order valence-corrected chi connectivity index (χ4v) is 2.41. The van der Waals surface area contributed by atoms with Crippen molar-refractivity contribution in [2.45, 2.75) is 6.04 Å². The zero-order valence-electron chi connectivity index (χ0n) is 10.2. The largest absolute Gasteiger partial charge is 0.347 e. The summed E-state index contributed by atoms with van der Waals surface area (Å²) in [4.78, 5) is 10.7. The minimum Gasteiger partial charge on any atom is -0.347 e. The van der Waals surface area contributed by atoms with Gasteiger partial charge in [0.05, 0.1) is 6.04 Å². The standard InChI is InChI=1S/C14H16N4/c1-2-4-12(5-3-1)13-10-15-8-9-18(13)14-6-7-16-11-17-14/h1-7,11,13,15H,8-10H2. The molecule has 4 heteroatoms. The van der Waals surface area contributed by atoms with Gasteiger partial charge in [-0.05, 0) is 11.6 Å². The molecule has 1 aliphatic rings. The van der Waals surface area contributed by atoms with E-state index in [2.05, 4.69) is 50.5 Å². The summed E-state index contributed by atoms with van der Waals surface area (Å²) in [5.41, 5.74) is 1.32. The van der Waals surface area contributed by atoms with Gasteiger partial charge in [-0.2, -0.15) is 0 Å². The molecule has 2 aromatic rings. The summed E-state index contributed by atoms with van der Waals surface area (Å²) >= 11 is 0. The fraction of sp³-hybridized carbons (Fsp3) is 0.286. The first-order chi connectivity index (χ1) is 8.95. The van der Waals surface area contributed by atoms with Gasteiger partial charge in [0.2, 0.25) is 0 Å². The fourth-order valence-electron chi connectivity index (χ4n) is 2.41. The second kappa shape index (κ2) is 5.14. The van der Waals surface area contributed by atoms with E-state index in [0.717, 1.165) is 25.5 Å². The molecule has 1 unspecified atom stereocenters. The highest BCUT2D eigenvalue weighted by atomic mass is 15.3. The van der Waals surface area contributed by atoms with Crippen LogP contribution in [0.1, 0.15) is 11.6 Å². The molecule has 0 spiro atoms. The topological polar surface area (TPSA) is 41.0 Å². The summed E-state index contributed by atoms with van der Waals surface area (Å²) in [6, 6.07) is 12.9. The van der Waals surface area contributed by atoms with Crippen molar-refractivity contribution in [3.8, 4) is 0 Å². The molecular weight excluding hydrogens is 224 g/mol. The van der Waals surface area contributed by atoms with Crippen molar-refractivity contribution in [1.29, 1.82) is 0 Å². The van der Waals surface area contributed by atoms with Crippen LogP contribution in [0.3, 0.4) is 0 Å². The molecule has 0 bridgehead atoms. The molecule has 0 amide bonds. The van der Waals surface area contributed by atoms with Gasteiger partial charge in [0.1, 0.15) is 12.1 Å². The third kappa shape index (κ3) is 2.19. The summed E-state index contributed by atoms with van der Waals surface area (Å²) in [5.74, 6) is 1.00. The van der Waals surface area contributed by atoms with Gasteiger partial charge in [-0.15, -0.1) is 0 Å². The van der Waals surface area contributed by atoms with Gasteiger partial charge in [-0.1, -0.05) is 30.3 Å². The number of nitrogens with zero attached hydrogens (tertiary/aromatic N) is 3. The maximum Gasteiger partial charge on any atom is 0.132 e. The van der Waals surface area contributed by atoms with E-state index in [1.165, 1.54) is 5.56 Å². The van der Waals surface area contributed by atoms with E-state index >= 15 is 0 Å². The molecular formula is C14H16N4. The molecule has 0 aliphatic carbocycles. The number of rotatable bonds is 2. The normalized spacial score (nSPS) is 19.8. The monoisotopic (exact) mass is 240 g/mol. The Bertz CT molecular complexity index is 438. The zero-order chi connectivity index (χ0) is 12.2. The average Bonchev–Trinajstić information content (AvgIpc) is 2.49. The lowest BCUT2D eigenvalue weighted by atomic mass is 10.0. The summed E-state index contributed by atoms with van der Waals surface area (Å²) in [5, 5.41) is 3.45. The van der Waals surface area contributed by atoms with Crippen LogP contribution in [0.5, 0.6) is 0 Å². The van der Waals surface area contributed by atoms with Crippen LogP contribution < -0.4 is 10.2 Å². The van der Waals surface area contributed by atoms with Crippen molar-refractivity contribution < 1.29 is 0 Å². The van der Waals surface area contributed by atoms with Crippen molar-refractivity contribution in [3.63, 3.8) is 0 Å². The van der Waals surface area contributed by atoms with Crippen LogP contribution in [0, 0.1) is 0 Å². The predicted octanol–water partition coefficient (Wildman–Crippen LogP) is 1.63. The van der Waals surface area contributed by atoms with Crippen LogP contribution in [0.15, 0.2) is 48.9 Å². The number of benzene rings is 1. The summed E-state index contributed by atoms with van der Waals surface area (Å²) in [6.07, 6.45) is 3.41. The van der Waals surface area contributed by atoms with Crippen LogP contribution in [-0.4, -0.2) is 29.6 Å². The van der Waals surface area contributed by atoms with Crippen LogP contribution >= 0.6 is 0 Å². The van der Waals surface area contributed by atoms with Gasteiger partial charge in [0.25, 0.3) is 0 Å². The minimum absolute atomic E-state index is 0.342. The molecule has 1 aromatic heterocycles. The Kier molecular flexibility index (Phi) is 3.19. The number of nitrogens with one attached hydrogen (secondary N) is 1. The van der Waals surface area contributed by atoms with Crippen molar-refractivity contribution in [2.75, 3.05) is 24.5 Å². The molecule has 1 aliphatic heterocycles. The molecule has 4 nitrogen and oxygen atoms in total. The molecule has 0 radical (unpaired) electrons. The smallest absolute Gasteiger partial charge is 0.132 e. The molecule has 1 saturated heterocycles. The number of piperazine rings is 1. The zero-order valence-corrected chi connectivity index (χ0v) is 10.2. The van der Waals surface area contributed by atoms with Gasteiger partial charge in [-0.3, -0.25) is 0 Å². The first-order valence-electron chi connectivity index (χ1n) is 6.23. The van der Waals surface area contributed by atoms with Crippen LogP contribution in [0.4, 0.5) is 5.82 Å². The quantitative estimate of drug-likeness (QED) is 0.866. The summed E-state index contributed by atoms with van der Waals surface area (Å²) in [6.45, 7) is 2.91. The average molecular weight is 240 g/mol. The highest BCUT2D eigenvalue weighted by Crippen LogP contribution is 2.26. The van der Waals surface area contributed by atoms with Crippen LogP contribution in [0.25, 0.3) is 0 Å². The molecule has 18 heavy (non-hydrogen) atoms. The second-order valence-corrected chi connectivity index (χ2v) is 4.39. The Labute approximate surface area is 107 Å². The minimum atomic E-state index is 0.342. The van der Waals surface area contributed by atoms with E-state index in [9.17, 15) is 0 Å². The lowest BCUT2D eigenvalue weighted by Crippen LogP contribution is -2.46. The first kappa shape index (κ1) is 11.2. The molecule has 0 saturated carbocycles. The lowest BCUT2D eigenvalue weighted by Gasteiger charge is -2.37. The molecule has 92 valence electrons. The van der Waals surface area contributed by atoms with E-state index in [4.69, 9.17) is 0 Å². The van der Waals surface area contributed by atoms with Crippen molar-refractivity contribution in [1.82, 2.24) is 15.3 Å². The van der Waals surface area contributed by atoms with Crippen LogP contribution in [-0.2, 0) is 0 Å². The van der Waals surface area contributed by atoms with Gasteiger partial charge in [0.15, 0.2) is 0 Å².